The minimum Gasteiger partial charge on any atom is -0.338 e. The van der Waals surface area contributed by atoms with Crippen molar-refractivity contribution in [3.63, 3.8) is 0 Å². The van der Waals surface area contributed by atoms with E-state index in [1.54, 1.807) is 0 Å². The molecule has 3 aromatic heterocycles. The van der Waals surface area contributed by atoms with E-state index in [0.29, 0.717) is 0 Å². The summed E-state index contributed by atoms with van der Waals surface area (Å²) in [5.74, 6) is 3.32. The summed E-state index contributed by atoms with van der Waals surface area (Å²) < 4.78 is 6.43. The number of nitrogens with zero attached hydrogens (tertiary/aromatic N) is 6. The normalized spacial score (nSPS) is 11.5. The third-order valence-corrected chi connectivity index (χ3v) is 7.01. The molecule has 0 amide bonds. The Morgan fingerprint density at radius 1 is 0.485 bits per heavy atom. The van der Waals surface area contributed by atoms with E-state index in [2.05, 4.69) is 70.6 Å². The zero-order valence-corrected chi connectivity index (χ0v) is 20.9. The van der Waals surface area contributed by atoms with Crippen molar-refractivity contribution < 1.29 is 0 Å². The minimum absolute atomic E-state index is 0.848. The molecule has 33 heavy (non-hydrogen) atoms. The van der Waals surface area contributed by atoms with Gasteiger partial charge in [0.25, 0.3) is 0 Å². The summed E-state index contributed by atoms with van der Waals surface area (Å²) >= 11 is 0. The van der Waals surface area contributed by atoms with Crippen molar-refractivity contribution in [1.29, 1.82) is 0 Å². The first-order chi connectivity index (χ1) is 16.0. The fraction of sp³-hybridized carbons (Fsp3) is 0.444. The molecule has 0 saturated heterocycles. The van der Waals surface area contributed by atoms with E-state index >= 15 is 0 Å². The monoisotopic (exact) mass is 444 g/mol. The maximum absolute atomic E-state index is 4.67. The van der Waals surface area contributed by atoms with Gasteiger partial charge in [-0.2, -0.15) is 0 Å². The molecule has 0 saturated carbocycles. The quantitative estimate of drug-likeness (QED) is 0.386. The average molecular weight is 445 g/mol. The second-order valence-corrected chi connectivity index (χ2v) is 8.83. The van der Waals surface area contributed by atoms with Crippen LogP contribution in [0.1, 0.15) is 71.6 Å². The van der Waals surface area contributed by atoms with Crippen LogP contribution in [-0.4, -0.2) is 28.7 Å². The van der Waals surface area contributed by atoms with Crippen LogP contribution in [0.25, 0.3) is 0 Å². The lowest BCUT2D eigenvalue weighted by molar-refractivity contribution is 0.777. The van der Waals surface area contributed by atoms with Gasteiger partial charge in [0.2, 0.25) is 0 Å². The molecule has 0 spiro atoms. The Bertz CT molecular complexity index is 1070. The van der Waals surface area contributed by atoms with Crippen molar-refractivity contribution in [2.45, 2.75) is 59.3 Å². The highest BCUT2D eigenvalue weighted by atomic mass is 15.0. The molecular weight excluding hydrogens is 408 g/mol. The molecule has 0 unspecified atom stereocenters. The van der Waals surface area contributed by atoms with Gasteiger partial charge in [0, 0.05) is 77.6 Å². The Labute approximate surface area is 197 Å². The lowest BCUT2D eigenvalue weighted by atomic mass is 9.80. The van der Waals surface area contributed by atoms with Gasteiger partial charge < -0.3 is 13.7 Å². The number of benzene rings is 1. The maximum Gasteiger partial charge on any atom is 0.112 e. The predicted molar refractivity (Wildman–Crippen MR) is 133 cm³/mol. The molecule has 3 heterocycles. The topological polar surface area (TPSA) is 53.5 Å². The average Bonchev–Trinajstić information content (AvgIpc) is 3.52. The van der Waals surface area contributed by atoms with Gasteiger partial charge in [-0.05, 0) is 52.6 Å². The molecule has 6 heteroatoms. The summed E-state index contributed by atoms with van der Waals surface area (Å²) in [6, 6.07) is 0. The summed E-state index contributed by atoms with van der Waals surface area (Å²) in [7, 11) is 6.26. The Hall–Kier alpha value is -3.15. The molecule has 1 aromatic carbocycles. The summed E-state index contributed by atoms with van der Waals surface area (Å²) in [4.78, 5) is 14.0. The molecule has 0 aliphatic heterocycles. The Morgan fingerprint density at radius 3 is 0.939 bits per heavy atom. The fourth-order valence-corrected chi connectivity index (χ4v) is 5.19. The molecule has 0 fully saturated rings. The van der Waals surface area contributed by atoms with Gasteiger partial charge in [-0.1, -0.05) is 20.8 Å². The molecule has 174 valence electrons. The number of rotatable bonds is 9. The van der Waals surface area contributed by atoms with Crippen LogP contribution in [0, 0.1) is 0 Å². The summed E-state index contributed by atoms with van der Waals surface area (Å²) in [6.45, 7) is 6.86. The van der Waals surface area contributed by atoms with Crippen LogP contribution < -0.4 is 0 Å². The molecule has 4 aromatic rings. The Kier molecular flexibility index (Phi) is 6.82. The zero-order valence-electron chi connectivity index (χ0n) is 20.9. The number of hydrogen-bond donors (Lipinski definition) is 0. The first kappa shape index (κ1) is 23.0. The maximum atomic E-state index is 4.67. The first-order valence-electron chi connectivity index (χ1n) is 12.0. The molecule has 0 aliphatic rings. The number of imidazole rings is 3. The van der Waals surface area contributed by atoms with Gasteiger partial charge in [-0.3, -0.25) is 0 Å². The highest BCUT2D eigenvalue weighted by Gasteiger charge is 2.24. The molecule has 0 bridgehead atoms. The van der Waals surface area contributed by atoms with Crippen molar-refractivity contribution in [1.82, 2.24) is 28.7 Å². The summed E-state index contributed by atoms with van der Waals surface area (Å²) in [6.07, 6.45) is 17.4. The smallest absolute Gasteiger partial charge is 0.112 e. The van der Waals surface area contributed by atoms with Crippen LogP contribution in [0.15, 0.2) is 37.2 Å². The van der Waals surface area contributed by atoms with Crippen LogP contribution in [0.4, 0.5) is 0 Å². The van der Waals surface area contributed by atoms with E-state index in [1.165, 1.54) is 33.4 Å². The van der Waals surface area contributed by atoms with Crippen molar-refractivity contribution in [2.24, 2.45) is 21.1 Å². The van der Waals surface area contributed by atoms with Crippen LogP contribution in [0.3, 0.4) is 0 Å². The highest BCUT2D eigenvalue weighted by molar-refractivity contribution is 5.55. The van der Waals surface area contributed by atoms with E-state index in [-0.39, 0.29) is 0 Å². The van der Waals surface area contributed by atoms with Gasteiger partial charge in [-0.15, -0.1) is 0 Å². The van der Waals surface area contributed by atoms with Crippen LogP contribution in [0.2, 0.25) is 0 Å². The second kappa shape index (κ2) is 9.77. The van der Waals surface area contributed by atoms with Gasteiger partial charge in [0.15, 0.2) is 0 Å². The van der Waals surface area contributed by atoms with Gasteiger partial charge in [0.1, 0.15) is 17.5 Å². The second-order valence-electron chi connectivity index (χ2n) is 8.83. The molecule has 0 atom stereocenters. The van der Waals surface area contributed by atoms with Crippen LogP contribution in [0.5, 0.6) is 0 Å². The van der Waals surface area contributed by atoms with E-state index in [1.807, 2.05) is 37.2 Å². The third-order valence-electron chi connectivity index (χ3n) is 7.01. The highest BCUT2D eigenvalue weighted by Crippen LogP contribution is 2.34. The fourth-order valence-electron chi connectivity index (χ4n) is 5.19. The van der Waals surface area contributed by atoms with E-state index < -0.39 is 0 Å². The third kappa shape index (κ3) is 4.39. The Morgan fingerprint density at radius 2 is 0.758 bits per heavy atom. The number of aryl methyl sites for hydroxylation is 3. The van der Waals surface area contributed by atoms with Gasteiger partial charge >= 0.3 is 0 Å². The Balaban J connectivity index is 1.98. The van der Waals surface area contributed by atoms with E-state index in [4.69, 9.17) is 0 Å². The largest absolute Gasteiger partial charge is 0.338 e. The van der Waals surface area contributed by atoms with Gasteiger partial charge in [0.05, 0.1) is 0 Å². The SMILES string of the molecule is CCc1c(Cc2nccn2C)c(CC)c(Cc2nccn2C)c(CC)c1Cc1nccn1C. The standard InChI is InChI=1S/C27H36N6/c1-7-19-22(16-25-28-10-13-31(25)4)20(8-2)24(18-27-30-12-15-33(27)6)21(9-3)23(19)17-26-29-11-14-32(26)5/h10-15H,7-9,16-18H2,1-6H3. The summed E-state index contributed by atoms with van der Waals surface area (Å²) in [5.41, 5.74) is 8.75. The molecular formula is C27H36N6. The molecule has 6 nitrogen and oxygen atoms in total. The minimum atomic E-state index is 0.848. The van der Waals surface area contributed by atoms with Crippen molar-refractivity contribution >= 4 is 0 Å². The number of hydrogen-bond acceptors (Lipinski definition) is 3. The molecule has 0 radical (unpaired) electrons. The first-order valence-corrected chi connectivity index (χ1v) is 12.0. The van der Waals surface area contributed by atoms with E-state index in [0.717, 1.165) is 56.0 Å². The van der Waals surface area contributed by atoms with Crippen molar-refractivity contribution in [3.05, 3.63) is 88.0 Å². The van der Waals surface area contributed by atoms with Crippen molar-refractivity contribution in [3.8, 4) is 0 Å². The lowest BCUT2D eigenvalue weighted by Gasteiger charge is -2.26. The van der Waals surface area contributed by atoms with Crippen LogP contribution >= 0.6 is 0 Å². The van der Waals surface area contributed by atoms with Gasteiger partial charge in [-0.25, -0.2) is 15.0 Å². The predicted octanol–water partition coefficient (Wildman–Crippen LogP) is 4.35. The molecule has 0 N–H and O–H groups in total. The molecule has 0 aliphatic carbocycles. The van der Waals surface area contributed by atoms with Crippen molar-refractivity contribution in [2.75, 3.05) is 0 Å². The zero-order chi connectivity index (χ0) is 23.5. The molecule has 4 rings (SSSR count). The summed E-state index contributed by atoms with van der Waals surface area (Å²) in [5, 5.41) is 0. The van der Waals surface area contributed by atoms with Crippen LogP contribution in [-0.2, 0) is 59.7 Å². The lowest BCUT2D eigenvalue weighted by Crippen LogP contribution is -2.17. The van der Waals surface area contributed by atoms with E-state index in [9.17, 15) is 0 Å². The number of aromatic nitrogens is 6.